The third-order valence-electron chi connectivity index (χ3n) is 7.70. The van der Waals surface area contributed by atoms with Gasteiger partial charge in [0.1, 0.15) is 11.6 Å². The lowest BCUT2D eigenvalue weighted by Gasteiger charge is -2.42. The number of ether oxygens (including phenoxy) is 1. The van der Waals surface area contributed by atoms with E-state index in [4.69, 9.17) is 33.7 Å². The van der Waals surface area contributed by atoms with E-state index in [0.717, 1.165) is 0 Å². The van der Waals surface area contributed by atoms with E-state index in [2.05, 4.69) is 31.4 Å². The van der Waals surface area contributed by atoms with E-state index in [1.54, 1.807) is 18.2 Å². The van der Waals surface area contributed by atoms with Crippen molar-refractivity contribution in [2.24, 2.45) is 11.1 Å². The summed E-state index contributed by atoms with van der Waals surface area (Å²) < 4.78 is 21.2. The van der Waals surface area contributed by atoms with Crippen LogP contribution in [-0.2, 0) is 10.2 Å². The number of rotatable bonds is 8. The van der Waals surface area contributed by atoms with Crippen LogP contribution in [0.25, 0.3) is 0 Å². The second-order valence-electron chi connectivity index (χ2n) is 11.5. The van der Waals surface area contributed by atoms with Gasteiger partial charge >= 0.3 is 5.97 Å². The molecule has 1 aliphatic rings. The normalized spacial score (nSPS) is 22.4. The molecule has 218 valence electrons. The van der Waals surface area contributed by atoms with Gasteiger partial charge in [-0.25, -0.2) is 9.18 Å². The first kappa shape index (κ1) is 30.8. The van der Waals surface area contributed by atoms with Gasteiger partial charge in [-0.15, -0.1) is 0 Å². The number of carbonyl (C=O) groups excluding carboxylic acids is 1. The summed E-state index contributed by atoms with van der Waals surface area (Å²) in [5, 5.41) is 16.5. The molecule has 0 aliphatic carbocycles. The third kappa shape index (κ3) is 6.06. The van der Waals surface area contributed by atoms with Crippen LogP contribution >= 0.6 is 23.2 Å². The Morgan fingerprint density at radius 2 is 1.83 bits per heavy atom. The minimum atomic E-state index is -1.13. The van der Waals surface area contributed by atoms with Gasteiger partial charge in [0.25, 0.3) is 0 Å². The molecule has 3 aromatic carbocycles. The molecule has 10 heteroatoms. The smallest absolute Gasteiger partial charge is 0.335 e. The maximum Gasteiger partial charge on any atom is 0.335 e. The third-order valence-corrected chi connectivity index (χ3v) is 8.28. The minimum Gasteiger partial charge on any atom is -0.495 e. The molecule has 0 aromatic heterocycles. The Balaban J connectivity index is 1.92. The molecular formula is C31H34Cl2FN3O4. The van der Waals surface area contributed by atoms with Crippen molar-refractivity contribution in [1.29, 1.82) is 0 Å². The fraction of sp³-hybridized carbons (Fsp3) is 0.355. The van der Waals surface area contributed by atoms with Gasteiger partial charge in [-0.05, 0) is 65.4 Å². The SMILES string of the molecule is COc1cc(C(=O)O)ccc1NC(=O)[C@@H]1N[C@@H](CC(C)(C)C)[C@](CN)(c2cc(Cl)ccc2F)[C@H]1c1ccccc1Cl. The number of nitrogens with two attached hydrogens (primary N) is 1. The number of anilines is 1. The number of benzene rings is 3. The fourth-order valence-electron chi connectivity index (χ4n) is 5.97. The predicted molar refractivity (Wildman–Crippen MR) is 160 cm³/mol. The Kier molecular flexibility index (Phi) is 8.99. The van der Waals surface area contributed by atoms with E-state index in [1.165, 1.54) is 37.4 Å². The first-order valence-electron chi connectivity index (χ1n) is 13.2. The Bertz CT molecular complexity index is 1460. The molecule has 4 atom stereocenters. The Morgan fingerprint density at radius 1 is 1.12 bits per heavy atom. The van der Waals surface area contributed by atoms with Crippen LogP contribution in [0, 0.1) is 11.2 Å². The molecule has 0 unspecified atom stereocenters. The number of carbonyl (C=O) groups is 2. The van der Waals surface area contributed by atoms with Crippen LogP contribution in [0.3, 0.4) is 0 Å². The Morgan fingerprint density at radius 3 is 2.44 bits per heavy atom. The molecule has 1 heterocycles. The number of methoxy groups -OCH3 is 1. The van der Waals surface area contributed by atoms with Gasteiger partial charge in [0.15, 0.2) is 0 Å². The van der Waals surface area contributed by atoms with Gasteiger partial charge in [0, 0.05) is 34.0 Å². The second-order valence-corrected chi connectivity index (χ2v) is 12.4. The highest BCUT2D eigenvalue weighted by molar-refractivity contribution is 6.31. The van der Waals surface area contributed by atoms with Crippen molar-refractivity contribution in [3.05, 3.63) is 93.2 Å². The molecule has 3 aromatic rings. The van der Waals surface area contributed by atoms with Crippen molar-refractivity contribution in [2.75, 3.05) is 19.0 Å². The molecule has 4 rings (SSSR count). The van der Waals surface area contributed by atoms with E-state index in [9.17, 15) is 14.7 Å². The van der Waals surface area contributed by atoms with Gasteiger partial charge in [0.05, 0.1) is 24.4 Å². The molecule has 41 heavy (non-hydrogen) atoms. The van der Waals surface area contributed by atoms with Crippen molar-refractivity contribution in [1.82, 2.24) is 5.32 Å². The topological polar surface area (TPSA) is 114 Å². The average Bonchev–Trinajstić information content (AvgIpc) is 3.23. The standard InChI is InChI=1S/C31H34Cl2FN3O4/c1-30(2,3)15-25-31(16-35,20-14-18(32)10-11-22(20)34)26(19-7-5-6-8-21(19)33)27(37-25)28(38)36-23-12-9-17(29(39)40)13-24(23)41-4/h5-14,25-27,37H,15-16,35H2,1-4H3,(H,36,38)(H,39,40)/t25-,26-,27+,31-/m0/s1. The van der Waals surface area contributed by atoms with Gasteiger partial charge in [-0.3, -0.25) is 4.79 Å². The summed E-state index contributed by atoms with van der Waals surface area (Å²) in [4.78, 5) is 25.6. The van der Waals surface area contributed by atoms with Crippen molar-refractivity contribution < 1.29 is 23.8 Å². The molecule has 0 bridgehead atoms. The number of aromatic carboxylic acids is 1. The maximum atomic E-state index is 15.8. The summed E-state index contributed by atoms with van der Waals surface area (Å²) in [6, 6.07) is 14.4. The van der Waals surface area contributed by atoms with E-state index in [1.807, 2.05) is 12.1 Å². The van der Waals surface area contributed by atoms with Gasteiger partial charge < -0.3 is 26.2 Å². The van der Waals surface area contributed by atoms with Crippen molar-refractivity contribution in [3.8, 4) is 5.75 Å². The zero-order valence-corrected chi connectivity index (χ0v) is 24.8. The quantitative estimate of drug-likeness (QED) is 0.243. The highest BCUT2D eigenvalue weighted by atomic mass is 35.5. The first-order valence-corrected chi connectivity index (χ1v) is 14.0. The predicted octanol–water partition coefficient (Wildman–Crippen LogP) is 6.23. The molecule has 1 saturated heterocycles. The van der Waals surface area contributed by atoms with Crippen LogP contribution in [-0.4, -0.2) is 42.7 Å². The van der Waals surface area contributed by atoms with E-state index in [0.29, 0.717) is 27.6 Å². The lowest BCUT2D eigenvalue weighted by atomic mass is 9.62. The maximum absolute atomic E-state index is 15.8. The molecule has 5 N–H and O–H groups in total. The second kappa shape index (κ2) is 12.0. The zero-order chi connectivity index (χ0) is 30.1. The molecule has 0 saturated carbocycles. The highest BCUT2D eigenvalue weighted by Crippen LogP contribution is 2.53. The lowest BCUT2D eigenvalue weighted by molar-refractivity contribution is -0.118. The molecule has 1 aliphatic heterocycles. The van der Waals surface area contributed by atoms with Crippen molar-refractivity contribution in [2.45, 2.75) is 50.6 Å². The van der Waals surface area contributed by atoms with E-state index < -0.39 is 41.1 Å². The Labute approximate surface area is 249 Å². The van der Waals surface area contributed by atoms with Crippen LogP contribution in [0.4, 0.5) is 10.1 Å². The summed E-state index contributed by atoms with van der Waals surface area (Å²) in [5.41, 5.74) is 6.51. The van der Waals surface area contributed by atoms with Gasteiger partial charge in [-0.1, -0.05) is 62.2 Å². The van der Waals surface area contributed by atoms with E-state index >= 15 is 4.39 Å². The summed E-state index contributed by atoms with van der Waals surface area (Å²) in [6.45, 7) is 6.19. The monoisotopic (exact) mass is 601 g/mol. The number of amides is 1. The fourth-order valence-corrected chi connectivity index (χ4v) is 6.39. The molecule has 0 radical (unpaired) electrons. The number of carboxylic acids is 1. The van der Waals surface area contributed by atoms with E-state index in [-0.39, 0.29) is 29.0 Å². The number of hydrogen-bond acceptors (Lipinski definition) is 5. The molecule has 7 nitrogen and oxygen atoms in total. The van der Waals surface area contributed by atoms with Crippen molar-refractivity contribution >= 4 is 40.8 Å². The number of hydrogen-bond donors (Lipinski definition) is 4. The summed E-state index contributed by atoms with van der Waals surface area (Å²) in [7, 11) is 1.39. The average molecular weight is 603 g/mol. The molecule has 1 fully saturated rings. The van der Waals surface area contributed by atoms with Crippen molar-refractivity contribution in [3.63, 3.8) is 0 Å². The van der Waals surface area contributed by atoms with Gasteiger partial charge in [-0.2, -0.15) is 0 Å². The lowest BCUT2D eigenvalue weighted by Crippen LogP contribution is -2.50. The van der Waals surface area contributed by atoms with Crippen LogP contribution < -0.4 is 21.1 Å². The van der Waals surface area contributed by atoms with Crippen LogP contribution in [0.5, 0.6) is 5.75 Å². The molecular weight excluding hydrogens is 568 g/mol. The number of nitrogens with one attached hydrogen (secondary N) is 2. The van der Waals surface area contributed by atoms with Gasteiger partial charge in [0.2, 0.25) is 5.91 Å². The summed E-state index contributed by atoms with van der Waals surface area (Å²) >= 11 is 13.2. The largest absolute Gasteiger partial charge is 0.495 e. The molecule has 0 spiro atoms. The van der Waals surface area contributed by atoms with Crippen LogP contribution in [0.1, 0.15) is 54.6 Å². The summed E-state index contributed by atoms with van der Waals surface area (Å²) in [5.74, 6) is -2.56. The Hall–Kier alpha value is -3.17. The number of carboxylic acid groups (broad SMARTS) is 1. The number of halogens is 3. The highest BCUT2D eigenvalue weighted by Gasteiger charge is 2.59. The van der Waals surface area contributed by atoms with Crippen LogP contribution in [0.2, 0.25) is 10.0 Å². The first-order chi connectivity index (χ1) is 19.3. The molecule has 1 amide bonds. The zero-order valence-electron chi connectivity index (χ0n) is 23.3. The van der Waals surface area contributed by atoms with Crippen LogP contribution in [0.15, 0.2) is 60.7 Å². The minimum absolute atomic E-state index is 0.00565. The summed E-state index contributed by atoms with van der Waals surface area (Å²) in [6.07, 6.45) is 0.553.